The fraction of sp³-hybridized carbons (Fsp3) is 0.250. The smallest absolute Gasteiger partial charge is 0.177 e. The molecular weight excluding hydrogens is 126 g/mol. The van der Waals surface area contributed by atoms with E-state index in [9.17, 15) is 0 Å². The first kappa shape index (κ1) is 7.09. The predicted molar refractivity (Wildman–Crippen MR) is 40.0 cm³/mol. The van der Waals surface area contributed by atoms with E-state index in [1.165, 1.54) is 0 Å². The van der Waals surface area contributed by atoms with E-state index < -0.39 is 0 Å². The van der Waals surface area contributed by atoms with Gasteiger partial charge in [0.2, 0.25) is 0 Å². The van der Waals surface area contributed by atoms with Crippen LogP contribution in [0.5, 0.6) is 5.75 Å². The number of aromatic hydroxyl groups is 1. The molecule has 0 aromatic heterocycles. The van der Waals surface area contributed by atoms with Crippen LogP contribution in [0.4, 0.5) is 5.69 Å². The van der Waals surface area contributed by atoms with Gasteiger partial charge in [0.15, 0.2) is 11.4 Å². The highest BCUT2D eigenvalue weighted by Gasteiger charge is 1.98. The Bertz CT molecular complexity index is 233. The van der Waals surface area contributed by atoms with Crippen molar-refractivity contribution in [3.05, 3.63) is 23.8 Å². The zero-order chi connectivity index (χ0) is 7.56. The molecule has 10 heavy (non-hydrogen) atoms. The van der Waals surface area contributed by atoms with E-state index in [-0.39, 0.29) is 0 Å². The van der Waals surface area contributed by atoms with Gasteiger partial charge in [0.25, 0.3) is 0 Å². The standard InChI is InChI=1S/C8H11NO/c1-2-6-3-4-7(9)8(10)5-6/h3-5,10H,2,9H2,1H3/p+1. The van der Waals surface area contributed by atoms with E-state index >= 15 is 0 Å². The van der Waals surface area contributed by atoms with Crippen LogP contribution in [0.15, 0.2) is 18.2 Å². The molecule has 0 amide bonds. The van der Waals surface area contributed by atoms with E-state index in [1.807, 2.05) is 12.1 Å². The van der Waals surface area contributed by atoms with Gasteiger partial charge in [-0.1, -0.05) is 13.0 Å². The van der Waals surface area contributed by atoms with Crippen molar-refractivity contribution < 1.29 is 10.8 Å². The van der Waals surface area contributed by atoms with Gasteiger partial charge in [-0.25, -0.2) is 0 Å². The second-order valence-corrected chi connectivity index (χ2v) is 2.32. The molecule has 0 spiro atoms. The largest absolute Gasteiger partial charge is 0.503 e. The molecule has 0 aliphatic heterocycles. The van der Waals surface area contributed by atoms with Crippen molar-refractivity contribution in [1.29, 1.82) is 0 Å². The Labute approximate surface area is 60.3 Å². The lowest BCUT2D eigenvalue weighted by Crippen LogP contribution is -2.40. The third-order valence-corrected chi connectivity index (χ3v) is 1.56. The lowest BCUT2D eigenvalue weighted by molar-refractivity contribution is -0.256. The summed E-state index contributed by atoms with van der Waals surface area (Å²) in [6.07, 6.45) is 0.952. The number of hydrogen-bond donors (Lipinski definition) is 2. The van der Waals surface area contributed by atoms with Crippen LogP contribution in [-0.4, -0.2) is 5.11 Å². The van der Waals surface area contributed by atoms with E-state index in [0.29, 0.717) is 11.4 Å². The summed E-state index contributed by atoms with van der Waals surface area (Å²) in [4.78, 5) is 0. The van der Waals surface area contributed by atoms with Crippen LogP contribution >= 0.6 is 0 Å². The van der Waals surface area contributed by atoms with Crippen molar-refractivity contribution in [1.82, 2.24) is 0 Å². The van der Waals surface area contributed by atoms with Crippen LogP contribution in [0.1, 0.15) is 12.5 Å². The highest BCUT2D eigenvalue weighted by atomic mass is 16.3. The SMILES string of the molecule is CCc1ccc([NH3+])c(O)c1. The van der Waals surface area contributed by atoms with Crippen molar-refractivity contribution in [2.75, 3.05) is 0 Å². The minimum atomic E-state index is 0.291. The molecule has 4 N–H and O–H groups in total. The zero-order valence-electron chi connectivity index (χ0n) is 6.09. The molecule has 0 fully saturated rings. The summed E-state index contributed by atoms with van der Waals surface area (Å²) in [5, 5.41) is 9.17. The van der Waals surface area contributed by atoms with Gasteiger partial charge in [-0.3, -0.25) is 0 Å². The first-order chi connectivity index (χ1) is 4.74. The van der Waals surface area contributed by atoms with Crippen LogP contribution in [0.2, 0.25) is 0 Å². The molecule has 1 rings (SSSR count). The molecule has 54 valence electrons. The lowest BCUT2D eigenvalue weighted by Gasteiger charge is -1.97. The zero-order valence-corrected chi connectivity index (χ0v) is 6.09. The molecule has 1 aromatic rings. The van der Waals surface area contributed by atoms with Crippen molar-refractivity contribution in [2.45, 2.75) is 13.3 Å². The average molecular weight is 138 g/mol. The van der Waals surface area contributed by atoms with E-state index in [1.54, 1.807) is 6.07 Å². The summed E-state index contributed by atoms with van der Waals surface area (Å²) in [6, 6.07) is 5.55. The molecule has 0 atom stereocenters. The van der Waals surface area contributed by atoms with Crippen LogP contribution in [0, 0.1) is 0 Å². The maximum atomic E-state index is 9.17. The van der Waals surface area contributed by atoms with Gasteiger partial charge < -0.3 is 10.8 Å². The van der Waals surface area contributed by atoms with E-state index in [2.05, 4.69) is 12.7 Å². The molecule has 0 aliphatic carbocycles. The Morgan fingerprint density at radius 3 is 2.70 bits per heavy atom. The Morgan fingerprint density at radius 1 is 1.50 bits per heavy atom. The molecular formula is C8H12NO+. The monoisotopic (exact) mass is 138 g/mol. The van der Waals surface area contributed by atoms with Gasteiger partial charge in [0.05, 0.1) is 0 Å². The molecule has 1 aromatic carbocycles. The van der Waals surface area contributed by atoms with Gasteiger partial charge in [-0.2, -0.15) is 0 Å². The van der Waals surface area contributed by atoms with Crippen LogP contribution in [0.3, 0.4) is 0 Å². The second-order valence-electron chi connectivity index (χ2n) is 2.32. The maximum absolute atomic E-state index is 9.17. The van der Waals surface area contributed by atoms with Crippen molar-refractivity contribution in [3.8, 4) is 5.75 Å². The molecule has 2 heteroatoms. The van der Waals surface area contributed by atoms with Crippen LogP contribution in [-0.2, 0) is 6.42 Å². The average Bonchev–Trinajstić information content (AvgIpc) is 1.95. The number of phenols is 1. The third kappa shape index (κ3) is 1.28. The lowest BCUT2D eigenvalue weighted by atomic mass is 10.1. The first-order valence-corrected chi connectivity index (χ1v) is 3.38. The second kappa shape index (κ2) is 2.71. The number of quaternary nitrogens is 1. The molecule has 0 aliphatic rings. The summed E-state index contributed by atoms with van der Waals surface area (Å²) in [5.41, 5.74) is 5.48. The van der Waals surface area contributed by atoms with Crippen molar-refractivity contribution >= 4 is 5.69 Å². The van der Waals surface area contributed by atoms with Gasteiger partial charge in [0.1, 0.15) is 0 Å². The van der Waals surface area contributed by atoms with Crippen molar-refractivity contribution in [2.24, 2.45) is 0 Å². The minimum Gasteiger partial charge on any atom is -0.503 e. The first-order valence-electron chi connectivity index (χ1n) is 3.38. The van der Waals surface area contributed by atoms with Gasteiger partial charge in [-0.05, 0) is 18.1 Å². The molecule has 0 heterocycles. The number of benzene rings is 1. The summed E-state index contributed by atoms with van der Waals surface area (Å²) < 4.78 is 0. The quantitative estimate of drug-likeness (QED) is 0.593. The Kier molecular flexibility index (Phi) is 1.92. The molecule has 0 radical (unpaired) electrons. The molecule has 0 bridgehead atoms. The van der Waals surface area contributed by atoms with E-state index in [4.69, 9.17) is 5.11 Å². The summed E-state index contributed by atoms with van der Waals surface area (Å²) in [7, 11) is 0. The van der Waals surface area contributed by atoms with Crippen LogP contribution in [0.25, 0.3) is 0 Å². The fourth-order valence-electron chi connectivity index (χ4n) is 0.829. The number of aryl methyl sites for hydroxylation is 1. The summed E-state index contributed by atoms with van der Waals surface area (Å²) >= 11 is 0. The van der Waals surface area contributed by atoms with Crippen molar-refractivity contribution in [3.63, 3.8) is 0 Å². The highest BCUT2D eigenvalue weighted by Crippen LogP contribution is 2.18. The Hall–Kier alpha value is -1.02. The molecule has 2 nitrogen and oxygen atoms in total. The fourth-order valence-corrected chi connectivity index (χ4v) is 0.829. The number of hydrogen-bond acceptors (Lipinski definition) is 1. The molecule has 0 unspecified atom stereocenters. The van der Waals surface area contributed by atoms with Gasteiger partial charge in [-0.15, -0.1) is 0 Å². The topological polar surface area (TPSA) is 47.9 Å². The molecule has 0 saturated heterocycles. The van der Waals surface area contributed by atoms with Gasteiger partial charge >= 0.3 is 0 Å². The highest BCUT2D eigenvalue weighted by molar-refractivity contribution is 5.45. The van der Waals surface area contributed by atoms with Gasteiger partial charge in [0, 0.05) is 6.07 Å². The summed E-state index contributed by atoms with van der Waals surface area (Å²) in [5.74, 6) is 0.291. The number of rotatable bonds is 1. The Balaban J connectivity index is 3.04. The van der Waals surface area contributed by atoms with Crippen LogP contribution < -0.4 is 5.73 Å². The minimum absolute atomic E-state index is 0.291. The predicted octanol–water partition coefficient (Wildman–Crippen LogP) is 0.828. The number of phenolic OH excluding ortho intramolecular Hbond substituents is 1. The summed E-state index contributed by atoms with van der Waals surface area (Å²) in [6.45, 7) is 2.05. The third-order valence-electron chi connectivity index (χ3n) is 1.56. The normalized spacial score (nSPS) is 9.80. The van der Waals surface area contributed by atoms with E-state index in [0.717, 1.165) is 12.0 Å². The molecule has 0 saturated carbocycles. The maximum Gasteiger partial charge on any atom is 0.177 e. The Morgan fingerprint density at radius 2 is 2.20 bits per heavy atom.